The Kier molecular flexibility index (Phi) is 16.0. The van der Waals surface area contributed by atoms with E-state index in [2.05, 4.69) is 18.6 Å². The van der Waals surface area contributed by atoms with Crippen molar-refractivity contribution in [3.8, 4) is 0 Å². The van der Waals surface area contributed by atoms with Crippen molar-refractivity contribution < 1.29 is 10.2 Å². The van der Waals surface area contributed by atoms with Crippen LogP contribution in [-0.4, -0.2) is 48.0 Å². The van der Waals surface area contributed by atoms with Crippen LogP contribution in [-0.2, 0) is 0 Å². The zero-order chi connectivity index (χ0) is 9.82. The number of nitrogens with zero attached hydrogens (tertiary/aromatic N) is 1. The van der Waals surface area contributed by atoms with E-state index in [1.54, 1.807) is 0 Å². The van der Waals surface area contributed by atoms with Crippen LogP contribution in [0.3, 0.4) is 0 Å². The van der Waals surface area contributed by atoms with Gasteiger partial charge in [-0.3, -0.25) is 16.6 Å². The van der Waals surface area contributed by atoms with Gasteiger partial charge in [-0.25, -0.2) is 0 Å². The highest BCUT2D eigenvalue weighted by atomic mass is 16.3. The molecule has 0 radical (unpaired) electrons. The van der Waals surface area contributed by atoms with E-state index in [-0.39, 0.29) is 13.2 Å². The molecular formula is C7H21N3O2. The third kappa shape index (κ3) is 9.80. The number of hydrogen-bond donors (Lipinski definition) is 4. The Morgan fingerprint density at radius 2 is 1.42 bits per heavy atom. The smallest absolute Gasteiger partial charge is 0.0558 e. The summed E-state index contributed by atoms with van der Waals surface area (Å²) in [7, 11) is 0. The van der Waals surface area contributed by atoms with E-state index in [4.69, 9.17) is 10.2 Å². The second kappa shape index (κ2) is 13.4. The van der Waals surface area contributed by atoms with Crippen molar-refractivity contribution in [2.24, 2.45) is 11.7 Å². The average Bonchev–Trinajstić information content (AvgIpc) is 2.10. The van der Waals surface area contributed by atoms with Gasteiger partial charge < -0.3 is 10.2 Å². The molecule has 0 amide bonds. The summed E-state index contributed by atoms with van der Waals surface area (Å²) >= 11 is 0. The van der Waals surface area contributed by atoms with Gasteiger partial charge in [0, 0.05) is 13.1 Å². The normalized spacial score (nSPS) is 9.50. The van der Waals surface area contributed by atoms with Gasteiger partial charge in [0.2, 0.25) is 0 Å². The molecule has 5 heteroatoms. The molecule has 0 heterocycles. The van der Waals surface area contributed by atoms with Gasteiger partial charge in [-0.05, 0) is 13.0 Å². The zero-order valence-electron chi connectivity index (χ0n) is 7.74. The quantitative estimate of drug-likeness (QED) is 0.294. The van der Waals surface area contributed by atoms with Crippen LogP contribution in [0.1, 0.15) is 13.3 Å². The van der Waals surface area contributed by atoms with Crippen LogP contribution >= 0.6 is 0 Å². The Labute approximate surface area is 73.9 Å². The van der Waals surface area contributed by atoms with Crippen molar-refractivity contribution >= 4 is 0 Å². The van der Waals surface area contributed by atoms with E-state index in [1.807, 2.05) is 4.90 Å². The highest BCUT2D eigenvalue weighted by molar-refractivity contribution is 4.53. The maximum Gasteiger partial charge on any atom is 0.0558 e. The van der Waals surface area contributed by atoms with Crippen molar-refractivity contribution in [3.63, 3.8) is 0 Å². The molecule has 0 aromatic carbocycles. The fourth-order valence-corrected chi connectivity index (χ4v) is 0.934. The topological polar surface area (TPSA) is 95.7 Å². The highest BCUT2D eigenvalue weighted by Gasteiger charge is 1.99. The predicted octanol–water partition coefficient (Wildman–Crippen LogP) is -1.50. The molecule has 0 fully saturated rings. The Morgan fingerprint density at radius 1 is 1.00 bits per heavy atom. The van der Waals surface area contributed by atoms with Crippen LogP contribution in [0.5, 0.6) is 0 Å². The number of rotatable bonds is 6. The Balaban J connectivity index is 0. The monoisotopic (exact) mass is 179 g/mol. The molecule has 12 heavy (non-hydrogen) atoms. The average molecular weight is 179 g/mol. The number of nitrogens with two attached hydrogens (primary N) is 2. The van der Waals surface area contributed by atoms with Gasteiger partial charge in [-0.1, -0.05) is 6.92 Å². The molecule has 0 rings (SSSR count). The minimum absolute atomic E-state index is 0.181. The van der Waals surface area contributed by atoms with Crippen LogP contribution < -0.4 is 11.7 Å². The Morgan fingerprint density at radius 3 is 1.67 bits per heavy atom. The van der Waals surface area contributed by atoms with Crippen LogP contribution in [0.25, 0.3) is 0 Å². The van der Waals surface area contributed by atoms with Gasteiger partial charge in [-0.15, -0.1) is 0 Å². The summed E-state index contributed by atoms with van der Waals surface area (Å²) in [5.41, 5.74) is 0. The minimum Gasteiger partial charge on any atom is -0.395 e. The van der Waals surface area contributed by atoms with E-state index in [1.165, 1.54) is 0 Å². The van der Waals surface area contributed by atoms with Crippen molar-refractivity contribution in [1.29, 1.82) is 0 Å². The summed E-state index contributed by atoms with van der Waals surface area (Å²) in [6.45, 7) is 4.76. The van der Waals surface area contributed by atoms with E-state index < -0.39 is 0 Å². The highest BCUT2D eigenvalue weighted by Crippen LogP contribution is 1.88. The van der Waals surface area contributed by atoms with Crippen molar-refractivity contribution in [3.05, 3.63) is 0 Å². The van der Waals surface area contributed by atoms with Gasteiger partial charge in [0.05, 0.1) is 13.2 Å². The number of aliphatic hydroxyl groups excluding tert-OH is 2. The molecule has 0 unspecified atom stereocenters. The molecule has 0 saturated heterocycles. The second-order valence-electron chi connectivity index (χ2n) is 2.29. The third-order valence-electron chi connectivity index (χ3n) is 1.37. The summed E-state index contributed by atoms with van der Waals surface area (Å²) < 4.78 is 0. The molecule has 0 aromatic rings. The van der Waals surface area contributed by atoms with E-state index in [9.17, 15) is 0 Å². The molecule has 0 aliphatic rings. The summed E-state index contributed by atoms with van der Waals surface area (Å²) in [6.07, 6.45) is 1.07. The van der Waals surface area contributed by atoms with Crippen LogP contribution in [0, 0.1) is 0 Å². The molecule has 6 N–H and O–H groups in total. The Bertz CT molecular complexity index is 59.4. The summed E-state index contributed by atoms with van der Waals surface area (Å²) in [5.74, 6) is 8.00. The molecule has 0 atom stereocenters. The number of aliphatic hydroxyl groups is 2. The van der Waals surface area contributed by atoms with Crippen molar-refractivity contribution in [2.45, 2.75) is 13.3 Å². The minimum atomic E-state index is 0.181. The first-order valence-corrected chi connectivity index (χ1v) is 4.12. The maximum atomic E-state index is 8.57. The fourth-order valence-electron chi connectivity index (χ4n) is 0.934. The van der Waals surface area contributed by atoms with Crippen molar-refractivity contribution in [1.82, 2.24) is 4.90 Å². The molecule has 0 saturated carbocycles. The first-order valence-electron chi connectivity index (χ1n) is 4.12. The standard InChI is InChI=1S/C7H17NO2.H4N2/c1-2-3-8(4-6-9)5-7-10;1-2/h9-10H,2-7H2,1H3;1-2H2. The van der Waals surface area contributed by atoms with Gasteiger partial charge in [0.15, 0.2) is 0 Å². The fraction of sp³-hybridized carbons (Fsp3) is 1.00. The van der Waals surface area contributed by atoms with E-state index in [0.29, 0.717) is 13.1 Å². The van der Waals surface area contributed by atoms with Crippen LogP contribution in [0.15, 0.2) is 0 Å². The number of hydrogen-bond acceptors (Lipinski definition) is 5. The number of hydrazine groups is 1. The zero-order valence-corrected chi connectivity index (χ0v) is 7.74. The molecule has 0 bridgehead atoms. The summed E-state index contributed by atoms with van der Waals surface area (Å²) in [4.78, 5) is 2.04. The predicted molar refractivity (Wildman–Crippen MR) is 49.3 cm³/mol. The summed E-state index contributed by atoms with van der Waals surface area (Å²) in [6, 6.07) is 0. The lowest BCUT2D eigenvalue weighted by Crippen LogP contribution is -2.30. The molecule has 0 aliphatic heterocycles. The molecule has 5 nitrogen and oxygen atoms in total. The molecular weight excluding hydrogens is 158 g/mol. The van der Waals surface area contributed by atoms with Gasteiger partial charge >= 0.3 is 0 Å². The summed E-state index contributed by atoms with van der Waals surface area (Å²) in [5, 5.41) is 17.1. The first-order chi connectivity index (χ1) is 5.85. The van der Waals surface area contributed by atoms with Gasteiger partial charge in [0.1, 0.15) is 0 Å². The lowest BCUT2D eigenvalue weighted by Gasteiger charge is -2.18. The molecule has 0 spiro atoms. The maximum absolute atomic E-state index is 8.57. The van der Waals surface area contributed by atoms with Gasteiger partial charge in [0.25, 0.3) is 0 Å². The molecule has 0 aromatic heterocycles. The molecule has 0 aliphatic carbocycles. The molecule has 76 valence electrons. The first kappa shape index (κ1) is 14.3. The Hall–Kier alpha value is -0.200. The van der Waals surface area contributed by atoms with Gasteiger partial charge in [-0.2, -0.15) is 0 Å². The van der Waals surface area contributed by atoms with E-state index in [0.717, 1.165) is 13.0 Å². The lowest BCUT2D eigenvalue weighted by molar-refractivity contribution is 0.161. The lowest BCUT2D eigenvalue weighted by atomic mass is 10.4. The van der Waals surface area contributed by atoms with Crippen LogP contribution in [0.2, 0.25) is 0 Å². The largest absolute Gasteiger partial charge is 0.395 e. The van der Waals surface area contributed by atoms with Crippen LogP contribution in [0.4, 0.5) is 0 Å². The van der Waals surface area contributed by atoms with Crippen molar-refractivity contribution in [2.75, 3.05) is 32.8 Å². The third-order valence-corrected chi connectivity index (χ3v) is 1.37. The second-order valence-corrected chi connectivity index (χ2v) is 2.29. The SMILES string of the molecule is CCCN(CCO)CCO.NN. The van der Waals surface area contributed by atoms with E-state index >= 15 is 0 Å².